The van der Waals surface area contributed by atoms with Crippen LogP contribution in [0.15, 0.2) is 66.4 Å². The van der Waals surface area contributed by atoms with E-state index in [0.29, 0.717) is 43.9 Å². The highest BCUT2D eigenvalue weighted by atomic mass is 35.5. The minimum absolute atomic E-state index is 0.0107. The minimum atomic E-state index is -4.77. The van der Waals surface area contributed by atoms with Gasteiger partial charge in [0.05, 0.1) is 48.0 Å². The van der Waals surface area contributed by atoms with E-state index < -0.39 is 87.3 Å². The first-order valence-corrected chi connectivity index (χ1v) is 16.6. The summed E-state index contributed by atoms with van der Waals surface area (Å²) < 4.78 is 50.3. The second-order valence-electron chi connectivity index (χ2n) is 12.8. The van der Waals surface area contributed by atoms with E-state index >= 15 is 4.79 Å². The van der Waals surface area contributed by atoms with Crippen molar-refractivity contribution in [3.8, 4) is 11.5 Å². The number of ether oxygens (including phenoxy) is 2. The smallest absolute Gasteiger partial charge is 0.423 e. The van der Waals surface area contributed by atoms with Crippen molar-refractivity contribution in [2.45, 2.75) is 30.4 Å². The number of likely N-dealkylation sites (tertiary alicyclic amines) is 1. The number of hydrazine groups is 1. The Kier molecular flexibility index (Phi) is 8.49. The molecule has 4 aliphatic rings. The summed E-state index contributed by atoms with van der Waals surface area (Å²) in [5.74, 6) is -9.09. The lowest BCUT2D eigenvalue weighted by Crippen LogP contribution is -2.53. The van der Waals surface area contributed by atoms with Gasteiger partial charge in [0.2, 0.25) is 11.8 Å². The second kappa shape index (κ2) is 12.5. The standard InChI is InChI=1S/C35H27Cl2F3N4O8/c1-51-25-11-15(3-10-24(25)45)27-19-8-9-20-26(31(48)43(29(20)46)33(50)52-2)21(19)13-22-30(47)44(32(49)34(22,27)16-4-6-18(36)7-5-16)42-28-23(37)12-17(14-41-28)35(38,39)40/h3-8,10-12,14,20-22,26-27,45H,9,13H2,1-2H3,(H,41,42). The molecule has 6 atom stereocenters. The number of halogens is 5. The van der Waals surface area contributed by atoms with Crippen molar-refractivity contribution in [1.29, 1.82) is 0 Å². The zero-order chi connectivity index (χ0) is 37.4. The van der Waals surface area contributed by atoms with Crippen molar-refractivity contribution < 1.29 is 51.7 Å². The number of nitrogens with zero attached hydrogens (tertiary/aromatic N) is 3. The number of aromatic nitrogens is 1. The molecule has 1 saturated carbocycles. The van der Waals surface area contributed by atoms with Crippen LogP contribution in [0.1, 0.15) is 35.4 Å². The third-order valence-corrected chi connectivity index (χ3v) is 11.0. The summed E-state index contributed by atoms with van der Waals surface area (Å²) in [6.45, 7) is 0. The molecule has 12 nitrogen and oxygen atoms in total. The molecule has 6 unspecified atom stereocenters. The van der Waals surface area contributed by atoms with Crippen LogP contribution in [0.3, 0.4) is 0 Å². The molecule has 7 rings (SSSR count). The van der Waals surface area contributed by atoms with Crippen LogP contribution in [0, 0.1) is 23.7 Å². The molecule has 270 valence electrons. The molecule has 0 bridgehead atoms. The lowest BCUT2D eigenvalue weighted by molar-refractivity contribution is -0.140. The van der Waals surface area contributed by atoms with E-state index in [1.54, 1.807) is 18.2 Å². The number of methoxy groups -OCH3 is 2. The number of rotatable bonds is 5. The third-order valence-electron chi connectivity index (χ3n) is 10.5. The fourth-order valence-corrected chi connectivity index (χ4v) is 8.64. The Balaban J connectivity index is 1.44. The maximum absolute atomic E-state index is 15.2. The number of hydrogen-bond acceptors (Lipinski definition) is 10. The van der Waals surface area contributed by atoms with E-state index in [9.17, 15) is 37.5 Å². The van der Waals surface area contributed by atoms with E-state index in [2.05, 4.69) is 10.4 Å². The minimum Gasteiger partial charge on any atom is -0.504 e. The summed E-state index contributed by atoms with van der Waals surface area (Å²) in [4.78, 5) is 74.0. The quantitative estimate of drug-likeness (QED) is 0.238. The van der Waals surface area contributed by atoms with Crippen LogP contribution in [0.25, 0.3) is 0 Å². The number of hydrogen-bond donors (Lipinski definition) is 2. The highest BCUT2D eigenvalue weighted by Gasteiger charge is 2.70. The molecule has 17 heteroatoms. The number of imide groups is 4. The number of anilines is 1. The highest BCUT2D eigenvalue weighted by molar-refractivity contribution is 6.33. The summed E-state index contributed by atoms with van der Waals surface area (Å²) in [5, 5.41) is 11.0. The molecular weight excluding hydrogens is 732 g/mol. The van der Waals surface area contributed by atoms with Gasteiger partial charge in [-0.2, -0.15) is 23.1 Å². The molecule has 0 radical (unpaired) electrons. The normalized spacial score (nSPS) is 26.8. The number of fused-ring (bicyclic) bond motifs is 4. The van der Waals surface area contributed by atoms with Gasteiger partial charge in [-0.25, -0.2) is 9.78 Å². The van der Waals surface area contributed by atoms with E-state index in [1.165, 1.54) is 37.4 Å². The summed E-state index contributed by atoms with van der Waals surface area (Å²) >= 11 is 12.5. The summed E-state index contributed by atoms with van der Waals surface area (Å²) in [6.07, 6.45) is -3.84. The fourth-order valence-electron chi connectivity index (χ4n) is 8.30. The molecule has 2 N–H and O–H groups in total. The van der Waals surface area contributed by atoms with Gasteiger partial charge in [0.1, 0.15) is 0 Å². The summed E-state index contributed by atoms with van der Waals surface area (Å²) in [6, 6.07) is 11.2. The van der Waals surface area contributed by atoms with Crippen LogP contribution >= 0.6 is 23.2 Å². The molecule has 52 heavy (non-hydrogen) atoms. The van der Waals surface area contributed by atoms with Crippen LogP contribution in [0.2, 0.25) is 10.0 Å². The average molecular weight is 760 g/mol. The molecule has 0 spiro atoms. The van der Waals surface area contributed by atoms with Crippen LogP contribution in [-0.4, -0.2) is 63.9 Å². The number of nitrogens with one attached hydrogen (secondary N) is 1. The zero-order valence-corrected chi connectivity index (χ0v) is 28.6. The number of carbonyl (C=O) groups excluding carboxylic acids is 5. The monoisotopic (exact) mass is 758 g/mol. The average Bonchev–Trinajstić information content (AvgIpc) is 3.49. The lowest BCUT2D eigenvalue weighted by atomic mass is 9.49. The molecular formula is C35H27Cl2F3N4O8. The lowest BCUT2D eigenvalue weighted by Gasteiger charge is -2.50. The first-order valence-electron chi connectivity index (χ1n) is 15.8. The molecule has 3 aromatic rings. The van der Waals surface area contributed by atoms with Crippen molar-refractivity contribution in [2.24, 2.45) is 23.7 Å². The molecule has 2 aromatic carbocycles. The van der Waals surface area contributed by atoms with Crippen molar-refractivity contribution in [3.05, 3.63) is 93.1 Å². The van der Waals surface area contributed by atoms with Crippen molar-refractivity contribution in [3.63, 3.8) is 0 Å². The number of alkyl halides is 3. The number of phenolic OH excluding ortho intramolecular Hbond substituents is 1. The second-order valence-corrected chi connectivity index (χ2v) is 13.7. The van der Waals surface area contributed by atoms with Gasteiger partial charge in [0.25, 0.3) is 11.8 Å². The van der Waals surface area contributed by atoms with E-state index in [1.807, 2.05) is 0 Å². The predicted molar refractivity (Wildman–Crippen MR) is 176 cm³/mol. The largest absolute Gasteiger partial charge is 0.504 e. The number of amides is 5. The van der Waals surface area contributed by atoms with Gasteiger partial charge in [-0.05, 0) is 60.2 Å². The van der Waals surface area contributed by atoms with Gasteiger partial charge in [-0.15, -0.1) is 0 Å². The van der Waals surface area contributed by atoms with Gasteiger partial charge in [-0.3, -0.25) is 24.6 Å². The van der Waals surface area contributed by atoms with Gasteiger partial charge in [-0.1, -0.05) is 53.1 Å². The number of pyridine rings is 1. The highest BCUT2D eigenvalue weighted by Crippen LogP contribution is 2.64. The number of phenols is 1. The van der Waals surface area contributed by atoms with Crippen LogP contribution < -0.4 is 10.2 Å². The van der Waals surface area contributed by atoms with Crippen LogP contribution in [0.5, 0.6) is 11.5 Å². The van der Waals surface area contributed by atoms with Gasteiger partial charge in [0.15, 0.2) is 17.3 Å². The number of carbonyl (C=O) groups is 5. The molecule has 1 aromatic heterocycles. The Morgan fingerprint density at radius 2 is 1.71 bits per heavy atom. The fraction of sp³-hybridized carbons (Fsp3) is 0.314. The zero-order valence-electron chi connectivity index (χ0n) is 27.1. The third kappa shape index (κ3) is 5.11. The van der Waals surface area contributed by atoms with Crippen molar-refractivity contribution in [1.82, 2.24) is 14.9 Å². The van der Waals surface area contributed by atoms with E-state index in [0.717, 1.165) is 7.11 Å². The van der Waals surface area contributed by atoms with E-state index in [4.69, 9.17) is 32.7 Å². The molecule has 3 fully saturated rings. The van der Waals surface area contributed by atoms with Gasteiger partial charge >= 0.3 is 12.3 Å². The number of aromatic hydroxyl groups is 1. The van der Waals surface area contributed by atoms with Crippen molar-refractivity contribution in [2.75, 3.05) is 19.6 Å². The molecule has 5 amide bonds. The Bertz CT molecular complexity index is 2090. The summed E-state index contributed by atoms with van der Waals surface area (Å²) in [7, 11) is 2.36. The molecule has 2 aliphatic heterocycles. The predicted octanol–water partition coefficient (Wildman–Crippen LogP) is 5.87. The molecule has 2 saturated heterocycles. The Labute approximate surface area is 303 Å². The molecule has 3 heterocycles. The topological polar surface area (TPSA) is 155 Å². The number of allylic oxidation sites excluding steroid dienone is 2. The van der Waals surface area contributed by atoms with E-state index in [-0.39, 0.29) is 24.3 Å². The maximum atomic E-state index is 15.2. The maximum Gasteiger partial charge on any atom is 0.423 e. The molecule has 2 aliphatic carbocycles. The first kappa shape index (κ1) is 35.3. The Hall–Kier alpha value is -5.15. The van der Waals surface area contributed by atoms with Crippen LogP contribution in [0.4, 0.5) is 23.8 Å². The SMILES string of the molecule is COC(=O)N1C(=O)C2CC=C3C(CC4C(=O)N(Nc5ncc(C(F)(F)F)cc5Cl)C(=O)C4(c4ccc(Cl)cc4)C3c3ccc(O)c(OC)c3)C2C1=O. The summed E-state index contributed by atoms with van der Waals surface area (Å²) in [5.41, 5.74) is 0.823. The van der Waals surface area contributed by atoms with Crippen LogP contribution in [-0.2, 0) is 35.5 Å². The first-order chi connectivity index (χ1) is 24.6. The van der Waals surface area contributed by atoms with Gasteiger partial charge in [0, 0.05) is 17.1 Å². The Morgan fingerprint density at radius 1 is 1.00 bits per heavy atom. The number of benzene rings is 2. The Morgan fingerprint density at radius 3 is 2.35 bits per heavy atom. The van der Waals surface area contributed by atoms with Gasteiger partial charge < -0.3 is 14.6 Å². The van der Waals surface area contributed by atoms with Crippen molar-refractivity contribution >= 4 is 58.7 Å².